The molecular weight excluding hydrogens is 212 g/mol. The minimum Gasteiger partial charge on any atom is -0.341 e. The minimum absolute atomic E-state index is 0.434. The van der Waals surface area contributed by atoms with E-state index in [1.165, 1.54) is 0 Å². The summed E-state index contributed by atoms with van der Waals surface area (Å²) in [6.07, 6.45) is 3.22. The van der Waals surface area contributed by atoms with E-state index in [2.05, 4.69) is 28.7 Å². The molecule has 0 amide bonds. The van der Waals surface area contributed by atoms with Crippen LogP contribution in [0.3, 0.4) is 0 Å². The van der Waals surface area contributed by atoms with Crippen molar-refractivity contribution in [2.24, 2.45) is 11.7 Å². The van der Waals surface area contributed by atoms with Gasteiger partial charge in [-0.3, -0.25) is 0 Å². The summed E-state index contributed by atoms with van der Waals surface area (Å²) in [5, 5.41) is 0.557. The first kappa shape index (κ1) is 12.2. The highest BCUT2D eigenvalue weighted by atomic mass is 35.5. The third-order valence-electron chi connectivity index (χ3n) is 2.21. The summed E-state index contributed by atoms with van der Waals surface area (Å²) in [6, 6.07) is 0. The average Bonchev–Trinajstić information content (AvgIpc) is 2.27. The van der Waals surface area contributed by atoms with Crippen molar-refractivity contribution < 1.29 is 0 Å². The van der Waals surface area contributed by atoms with Crippen LogP contribution in [0.15, 0.2) is 12.4 Å². The zero-order chi connectivity index (χ0) is 11.3. The Morgan fingerprint density at radius 1 is 1.47 bits per heavy atom. The standard InChI is InChI=1S/C10H17ClN4/c1-3-15(7-8(2)4-12)10-13-5-9(11)6-14-10/h5-6,8H,3-4,7,12H2,1-2H3. The molecule has 0 aromatic carbocycles. The number of rotatable bonds is 5. The van der Waals surface area contributed by atoms with E-state index in [1.54, 1.807) is 12.4 Å². The van der Waals surface area contributed by atoms with Crippen LogP contribution in [-0.4, -0.2) is 29.6 Å². The van der Waals surface area contributed by atoms with E-state index in [4.69, 9.17) is 17.3 Å². The van der Waals surface area contributed by atoms with Crippen LogP contribution >= 0.6 is 11.6 Å². The Balaban J connectivity index is 2.69. The molecule has 0 aliphatic carbocycles. The first-order valence-corrected chi connectivity index (χ1v) is 5.47. The van der Waals surface area contributed by atoms with Crippen LogP contribution in [0, 0.1) is 5.92 Å². The zero-order valence-corrected chi connectivity index (χ0v) is 9.91. The Labute approximate surface area is 95.5 Å². The highest BCUT2D eigenvalue weighted by molar-refractivity contribution is 6.30. The second-order valence-electron chi connectivity index (χ2n) is 3.58. The van der Waals surface area contributed by atoms with Gasteiger partial charge in [-0.1, -0.05) is 18.5 Å². The molecule has 84 valence electrons. The van der Waals surface area contributed by atoms with Crippen molar-refractivity contribution in [3.63, 3.8) is 0 Å². The molecule has 0 spiro atoms. The summed E-state index contributed by atoms with van der Waals surface area (Å²) in [6.45, 7) is 6.59. The summed E-state index contributed by atoms with van der Waals surface area (Å²) in [5.74, 6) is 1.14. The second-order valence-corrected chi connectivity index (χ2v) is 4.02. The first-order chi connectivity index (χ1) is 7.17. The third kappa shape index (κ3) is 3.64. The van der Waals surface area contributed by atoms with Gasteiger partial charge in [0.15, 0.2) is 0 Å². The zero-order valence-electron chi connectivity index (χ0n) is 9.15. The fraction of sp³-hybridized carbons (Fsp3) is 0.600. The molecule has 15 heavy (non-hydrogen) atoms. The fourth-order valence-electron chi connectivity index (χ4n) is 1.27. The van der Waals surface area contributed by atoms with Gasteiger partial charge in [-0.15, -0.1) is 0 Å². The van der Waals surface area contributed by atoms with E-state index in [0.29, 0.717) is 23.4 Å². The lowest BCUT2D eigenvalue weighted by atomic mass is 10.2. The van der Waals surface area contributed by atoms with E-state index in [0.717, 1.165) is 13.1 Å². The second kappa shape index (κ2) is 5.88. The molecule has 1 atom stereocenters. The number of hydrogen-bond acceptors (Lipinski definition) is 4. The number of aromatic nitrogens is 2. The topological polar surface area (TPSA) is 55.0 Å². The summed E-state index contributed by atoms with van der Waals surface area (Å²) in [7, 11) is 0. The number of nitrogens with two attached hydrogens (primary N) is 1. The summed E-state index contributed by atoms with van der Waals surface area (Å²) < 4.78 is 0. The summed E-state index contributed by atoms with van der Waals surface area (Å²) >= 11 is 5.73. The lowest BCUT2D eigenvalue weighted by Crippen LogP contribution is -2.32. The Morgan fingerprint density at radius 2 is 2.07 bits per heavy atom. The molecule has 0 aliphatic heterocycles. The van der Waals surface area contributed by atoms with Gasteiger partial charge >= 0.3 is 0 Å². The lowest BCUT2D eigenvalue weighted by Gasteiger charge is -2.23. The normalized spacial score (nSPS) is 12.5. The van der Waals surface area contributed by atoms with Crippen LogP contribution in [0.2, 0.25) is 5.02 Å². The summed E-state index contributed by atoms with van der Waals surface area (Å²) in [4.78, 5) is 10.4. The smallest absolute Gasteiger partial charge is 0.225 e. The molecule has 4 nitrogen and oxygen atoms in total. The molecule has 1 unspecified atom stereocenters. The Bertz CT molecular complexity index is 288. The van der Waals surface area contributed by atoms with Crippen molar-refractivity contribution in [3.05, 3.63) is 17.4 Å². The van der Waals surface area contributed by atoms with Crippen molar-refractivity contribution in [2.45, 2.75) is 13.8 Å². The highest BCUT2D eigenvalue weighted by Gasteiger charge is 2.10. The number of nitrogens with zero attached hydrogens (tertiary/aromatic N) is 3. The number of halogens is 1. The molecule has 0 aliphatic rings. The van der Waals surface area contributed by atoms with E-state index >= 15 is 0 Å². The quantitative estimate of drug-likeness (QED) is 0.831. The fourth-order valence-corrected chi connectivity index (χ4v) is 1.37. The van der Waals surface area contributed by atoms with Crippen molar-refractivity contribution in [2.75, 3.05) is 24.5 Å². The lowest BCUT2D eigenvalue weighted by molar-refractivity contribution is 0.569. The van der Waals surface area contributed by atoms with E-state index in [1.807, 2.05) is 0 Å². The molecule has 5 heteroatoms. The van der Waals surface area contributed by atoms with Crippen molar-refractivity contribution in [3.8, 4) is 0 Å². The largest absolute Gasteiger partial charge is 0.341 e. The molecule has 1 aromatic heterocycles. The molecule has 0 radical (unpaired) electrons. The van der Waals surface area contributed by atoms with Crippen molar-refractivity contribution in [1.29, 1.82) is 0 Å². The predicted octanol–water partition coefficient (Wildman–Crippen LogP) is 1.55. The Morgan fingerprint density at radius 3 is 2.53 bits per heavy atom. The highest BCUT2D eigenvalue weighted by Crippen LogP contribution is 2.11. The molecule has 0 saturated heterocycles. The van der Waals surface area contributed by atoms with Gasteiger partial charge in [0.2, 0.25) is 5.95 Å². The van der Waals surface area contributed by atoms with Crippen LogP contribution < -0.4 is 10.6 Å². The van der Waals surface area contributed by atoms with Crippen LogP contribution in [0.1, 0.15) is 13.8 Å². The molecule has 0 fully saturated rings. The van der Waals surface area contributed by atoms with Crippen LogP contribution in [0.5, 0.6) is 0 Å². The van der Waals surface area contributed by atoms with E-state index < -0.39 is 0 Å². The molecular formula is C10H17ClN4. The van der Waals surface area contributed by atoms with E-state index in [9.17, 15) is 0 Å². The molecule has 0 saturated carbocycles. The maximum atomic E-state index is 5.73. The van der Waals surface area contributed by atoms with Crippen LogP contribution in [0.4, 0.5) is 5.95 Å². The summed E-state index contributed by atoms with van der Waals surface area (Å²) in [5.41, 5.74) is 5.59. The Hall–Kier alpha value is -0.870. The van der Waals surface area contributed by atoms with Gasteiger partial charge in [0.05, 0.1) is 17.4 Å². The monoisotopic (exact) mass is 228 g/mol. The molecule has 0 bridgehead atoms. The van der Waals surface area contributed by atoms with Gasteiger partial charge in [-0.05, 0) is 19.4 Å². The average molecular weight is 229 g/mol. The predicted molar refractivity (Wildman–Crippen MR) is 63.1 cm³/mol. The van der Waals surface area contributed by atoms with Gasteiger partial charge in [-0.25, -0.2) is 9.97 Å². The van der Waals surface area contributed by atoms with Crippen molar-refractivity contribution >= 4 is 17.5 Å². The number of hydrogen-bond donors (Lipinski definition) is 1. The van der Waals surface area contributed by atoms with Gasteiger partial charge in [0.1, 0.15) is 0 Å². The molecule has 1 aromatic rings. The minimum atomic E-state index is 0.434. The maximum Gasteiger partial charge on any atom is 0.225 e. The van der Waals surface area contributed by atoms with Crippen LogP contribution in [0.25, 0.3) is 0 Å². The molecule has 1 rings (SSSR count). The van der Waals surface area contributed by atoms with E-state index in [-0.39, 0.29) is 0 Å². The SMILES string of the molecule is CCN(CC(C)CN)c1ncc(Cl)cn1. The van der Waals surface area contributed by atoms with Gasteiger partial charge in [-0.2, -0.15) is 0 Å². The Kier molecular flexibility index (Phi) is 4.78. The van der Waals surface area contributed by atoms with Gasteiger partial charge in [0.25, 0.3) is 0 Å². The van der Waals surface area contributed by atoms with Gasteiger partial charge in [0, 0.05) is 13.1 Å². The number of anilines is 1. The maximum absolute atomic E-state index is 5.73. The first-order valence-electron chi connectivity index (χ1n) is 5.10. The molecule has 1 heterocycles. The van der Waals surface area contributed by atoms with Gasteiger partial charge < -0.3 is 10.6 Å². The third-order valence-corrected chi connectivity index (χ3v) is 2.40. The van der Waals surface area contributed by atoms with Crippen molar-refractivity contribution in [1.82, 2.24) is 9.97 Å². The molecule has 2 N–H and O–H groups in total. The van der Waals surface area contributed by atoms with Crippen LogP contribution in [-0.2, 0) is 0 Å².